The number of halogens is 3. The fourth-order valence-electron chi connectivity index (χ4n) is 4.35. The second-order valence-electron chi connectivity index (χ2n) is 9.32. The van der Waals surface area contributed by atoms with Crippen molar-refractivity contribution in [3.8, 4) is 11.8 Å². The monoisotopic (exact) mass is 541 g/mol. The molecule has 3 rings (SSSR count). The molecule has 0 aliphatic carbocycles. The van der Waals surface area contributed by atoms with Crippen LogP contribution in [0.15, 0.2) is 59.4 Å². The lowest BCUT2D eigenvalue weighted by atomic mass is 9.98. The predicted octanol–water partition coefficient (Wildman–Crippen LogP) is 4.56. The van der Waals surface area contributed by atoms with E-state index >= 15 is 0 Å². The van der Waals surface area contributed by atoms with Crippen LogP contribution in [0.3, 0.4) is 0 Å². The van der Waals surface area contributed by atoms with E-state index in [-0.39, 0.29) is 42.4 Å². The van der Waals surface area contributed by atoms with Crippen molar-refractivity contribution in [2.75, 3.05) is 13.1 Å². The van der Waals surface area contributed by atoms with E-state index in [0.717, 1.165) is 17.7 Å². The molecule has 11 heteroatoms. The molecule has 0 aliphatic rings. The highest BCUT2D eigenvalue weighted by Gasteiger charge is 2.34. The number of carbonyl (C=O) groups is 1. The lowest BCUT2D eigenvalue weighted by molar-refractivity contribution is -0.274. The highest BCUT2D eigenvalue weighted by Crippen LogP contribution is 2.30. The standard InChI is InChI=1S/C28H30F3N5O3/c1-18(2)24(25-34-19(3)23(16-33)27(38)36(25)17-20-8-5-4-6-9-20)35(15-7-14-32)26(37)21-10-12-22(13-11-21)39-28(29,30)31/h4-6,8-13,18,24H,7,14-15,17,32H2,1-3H3. The Morgan fingerprint density at radius 3 is 2.33 bits per heavy atom. The number of ether oxygens (including phenoxy) is 1. The van der Waals surface area contributed by atoms with Gasteiger partial charge in [0.25, 0.3) is 11.5 Å². The molecule has 0 saturated carbocycles. The lowest BCUT2D eigenvalue weighted by Gasteiger charge is -2.35. The Labute approximate surface area is 224 Å². The first kappa shape index (κ1) is 29.4. The van der Waals surface area contributed by atoms with Crippen LogP contribution in [0.5, 0.6) is 5.75 Å². The summed E-state index contributed by atoms with van der Waals surface area (Å²) in [6.07, 6.45) is -4.43. The number of nitrogens with zero attached hydrogens (tertiary/aromatic N) is 4. The van der Waals surface area contributed by atoms with Crippen LogP contribution >= 0.6 is 0 Å². The van der Waals surface area contributed by atoms with Gasteiger partial charge in [-0.05, 0) is 55.6 Å². The smallest absolute Gasteiger partial charge is 0.406 e. The van der Waals surface area contributed by atoms with Crippen molar-refractivity contribution in [3.05, 3.63) is 93.2 Å². The third-order valence-corrected chi connectivity index (χ3v) is 6.11. The van der Waals surface area contributed by atoms with Crippen LogP contribution in [0.2, 0.25) is 0 Å². The summed E-state index contributed by atoms with van der Waals surface area (Å²) >= 11 is 0. The molecule has 39 heavy (non-hydrogen) atoms. The van der Waals surface area contributed by atoms with E-state index in [2.05, 4.69) is 9.72 Å². The van der Waals surface area contributed by atoms with Crippen LogP contribution in [0.4, 0.5) is 13.2 Å². The summed E-state index contributed by atoms with van der Waals surface area (Å²) in [6, 6.07) is 15.1. The molecule has 0 bridgehead atoms. The van der Waals surface area contributed by atoms with Gasteiger partial charge in [-0.25, -0.2) is 4.98 Å². The topological polar surface area (TPSA) is 114 Å². The van der Waals surface area contributed by atoms with E-state index in [1.807, 2.05) is 50.2 Å². The number of aromatic nitrogens is 2. The largest absolute Gasteiger partial charge is 0.573 e. The van der Waals surface area contributed by atoms with Crippen molar-refractivity contribution in [2.24, 2.45) is 11.7 Å². The summed E-state index contributed by atoms with van der Waals surface area (Å²) < 4.78 is 43.1. The summed E-state index contributed by atoms with van der Waals surface area (Å²) in [7, 11) is 0. The second-order valence-corrected chi connectivity index (χ2v) is 9.32. The fraction of sp³-hybridized carbons (Fsp3) is 0.357. The summed E-state index contributed by atoms with van der Waals surface area (Å²) in [5.41, 5.74) is 6.33. The Hall–Kier alpha value is -4.17. The molecule has 0 saturated heterocycles. The van der Waals surface area contributed by atoms with Gasteiger partial charge in [0.1, 0.15) is 23.2 Å². The lowest BCUT2D eigenvalue weighted by Crippen LogP contribution is -2.43. The number of benzene rings is 2. The van der Waals surface area contributed by atoms with Gasteiger partial charge in [-0.3, -0.25) is 14.2 Å². The van der Waals surface area contributed by atoms with Crippen molar-refractivity contribution in [3.63, 3.8) is 0 Å². The normalized spacial score (nSPS) is 12.2. The third-order valence-electron chi connectivity index (χ3n) is 6.11. The van der Waals surface area contributed by atoms with Gasteiger partial charge >= 0.3 is 6.36 Å². The molecule has 0 aliphatic heterocycles. The molecule has 1 unspecified atom stereocenters. The number of amides is 1. The molecular formula is C28H30F3N5O3. The molecule has 0 spiro atoms. The second kappa shape index (κ2) is 12.6. The van der Waals surface area contributed by atoms with Crippen LogP contribution in [0, 0.1) is 24.2 Å². The van der Waals surface area contributed by atoms with Crippen LogP contribution in [0.25, 0.3) is 0 Å². The van der Waals surface area contributed by atoms with Crippen molar-refractivity contribution < 1.29 is 22.7 Å². The number of aryl methyl sites for hydroxylation is 1. The molecule has 1 atom stereocenters. The van der Waals surface area contributed by atoms with Gasteiger partial charge in [-0.15, -0.1) is 13.2 Å². The first-order chi connectivity index (χ1) is 18.5. The minimum atomic E-state index is -4.86. The SMILES string of the molecule is Cc1nc(C(C(C)C)N(CCCN)C(=O)c2ccc(OC(F)(F)F)cc2)n(Cc2ccccc2)c(=O)c1C#N. The third kappa shape index (κ3) is 7.23. The zero-order valence-electron chi connectivity index (χ0n) is 21.9. The maximum absolute atomic E-state index is 13.8. The van der Waals surface area contributed by atoms with Gasteiger partial charge in [0.15, 0.2) is 0 Å². The molecular weight excluding hydrogens is 511 g/mol. The first-order valence-corrected chi connectivity index (χ1v) is 12.4. The Balaban J connectivity index is 2.14. The molecule has 3 aromatic rings. The first-order valence-electron chi connectivity index (χ1n) is 12.4. The van der Waals surface area contributed by atoms with Crippen molar-refractivity contribution in [2.45, 2.75) is 46.1 Å². The Kier molecular flexibility index (Phi) is 9.48. The summed E-state index contributed by atoms with van der Waals surface area (Å²) in [4.78, 5) is 33.4. The van der Waals surface area contributed by atoms with Gasteiger partial charge < -0.3 is 15.4 Å². The number of carbonyl (C=O) groups excluding carboxylic acids is 1. The Morgan fingerprint density at radius 2 is 1.79 bits per heavy atom. The summed E-state index contributed by atoms with van der Waals surface area (Å²) in [5.74, 6) is -0.851. The van der Waals surface area contributed by atoms with Gasteiger partial charge in [0.05, 0.1) is 18.3 Å². The molecule has 206 valence electrons. The molecule has 2 aromatic carbocycles. The van der Waals surface area contributed by atoms with Crippen LogP contribution in [-0.2, 0) is 6.54 Å². The van der Waals surface area contributed by atoms with Crippen LogP contribution < -0.4 is 16.0 Å². The maximum atomic E-state index is 13.8. The number of nitrogens with two attached hydrogens (primary N) is 1. The van der Waals surface area contributed by atoms with E-state index in [4.69, 9.17) is 5.73 Å². The molecule has 8 nitrogen and oxygen atoms in total. The minimum Gasteiger partial charge on any atom is -0.406 e. The molecule has 0 radical (unpaired) electrons. The molecule has 1 amide bonds. The molecule has 1 heterocycles. The van der Waals surface area contributed by atoms with E-state index in [1.165, 1.54) is 21.6 Å². The molecule has 0 fully saturated rings. The van der Waals surface area contributed by atoms with Gasteiger partial charge in [0, 0.05) is 12.1 Å². The average Bonchev–Trinajstić information content (AvgIpc) is 2.88. The summed E-state index contributed by atoms with van der Waals surface area (Å²) in [5, 5.41) is 9.62. The van der Waals surface area contributed by atoms with Gasteiger partial charge in [0.2, 0.25) is 0 Å². The molecule has 1 aromatic heterocycles. The van der Waals surface area contributed by atoms with Crippen molar-refractivity contribution >= 4 is 5.91 Å². The van der Waals surface area contributed by atoms with Crippen molar-refractivity contribution in [1.82, 2.24) is 14.5 Å². The molecule has 2 N–H and O–H groups in total. The van der Waals surface area contributed by atoms with Gasteiger partial charge in [-0.1, -0.05) is 44.2 Å². The van der Waals surface area contributed by atoms with Gasteiger partial charge in [-0.2, -0.15) is 5.26 Å². The fourth-order valence-corrected chi connectivity index (χ4v) is 4.35. The number of hydrogen-bond donors (Lipinski definition) is 1. The van der Waals surface area contributed by atoms with Crippen LogP contribution in [-0.4, -0.2) is 39.8 Å². The van der Waals surface area contributed by atoms with Crippen LogP contribution in [0.1, 0.15) is 59.3 Å². The van der Waals surface area contributed by atoms with Crippen molar-refractivity contribution in [1.29, 1.82) is 5.26 Å². The minimum absolute atomic E-state index is 0.0859. The number of hydrogen-bond acceptors (Lipinski definition) is 6. The quantitative estimate of drug-likeness (QED) is 0.403. The van der Waals surface area contributed by atoms with E-state index in [1.54, 1.807) is 6.92 Å². The van der Waals surface area contributed by atoms with E-state index in [9.17, 15) is 28.0 Å². The zero-order chi connectivity index (χ0) is 28.7. The highest BCUT2D eigenvalue weighted by atomic mass is 19.4. The number of rotatable bonds is 10. The number of alkyl halides is 3. The average molecular weight is 542 g/mol. The van der Waals surface area contributed by atoms with E-state index in [0.29, 0.717) is 12.2 Å². The maximum Gasteiger partial charge on any atom is 0.573 e. The zero-order valence-corrected chi connectivity index (χ0v) is 21.9. The predicted molar refractivity (Wildman–Crippen MR) is 139 cm³/mol. The number of nitriles is 1. The Bertz CT molecular complexity index is 1380. The van der Waals surface area contributed by atoms with E-state index < -0.39 is 29.6 Å². The highest BCUT2D eigenvalue weighted by molar-refractivity contribution is 5.94. The summed E-state index contributed by atoms with van der Waals surface area (Å²) in [6.45, 7) is 5.94. The Morgan fingerprint density at radius 1 is 1.15 bits per heavy atom.